The highest BCUT2D eigenvalue weighted by Gasteiger charge is 2.54. The van der Waals surface area contributed by atoms with Crippen LogP contribution in [0, 0.1) is 5.41 Å². The highest BCUT2D eigenvalue weighted by atomic mass is 32.2. The number of esters is 1. The van der Waals surface area contributed by atoms with E-state index in [0.717, 1.165) is 4.90 Å². The Bertz CT molecular complexity index is 919. The molecule has 9 heteroatoms. The summed E-state index contributed by atoms with van der Waals surface area (Å²) in [4.78, 5) is 26.1. The van der Waals surface area contributed by atoms with Crippen LogP contribution < -0.4 is 5.73 Å². The predicted octanol–water partition coefficient (Wildman–Crippen LogP) is 3.22. The Balaban J connectivity index is 2.74. The minimum Gasteiger partial charge on any atom is -0.465 e. The number of nitrogen functional groups attached to an aromatic ring is 1. The van der Waals surface area contributed by atoms with Gasteiger partial charge in [-0.05, 0) is 71.7 Å². The van der Waals surface area contributed by atoms with Gasteiger partial charge in [0, 0.05) is 12.2 Å². The Morgan fingerprint density at radius 1 is 1.31 bits per heavy atom. The van der Waals surface area contributed by atoms with Crippen molar-refractivity contribution in [2.75, 3.05) is 12.3 Å². The van der Waals surface area contributed by atoms with Gasteiger partial charge in [-0.25, -0.2) is 13.2 Å². The maximum absolute atomic E-state index is 13.1. The van der Waals surface area contributed by atoms with E-state index in [0.29, 0.717) is 0 Å². The molecular formula is C20H30N2O6S. The molecule has 0 saturated carbocycles. The van der Waals surface area contributed by atoms with E-state index in [4.69, 9.17) is 10.5 Å². The topological polar surface area (TPSA) is 127 Å². The first kappa shape index (κ1) is 23.0. The van der Waals surface area contributed by atoms with Crippen molar-refractivity contribution in [3.05, 3.63) is 23.8 Å². The molecule has 1 amide bonds. The maximum atomic E-state index is 13.1. The second-order valence-electron chi connectivity index (χ2n) is 8.94. The predicted molar refractivity (Wildman–Crippen MR) is 109 cm³/mol. The number of hydrogen-bond donors (Lipinski definition) is 2. The molecule has 2 rings (SSSR count). The number of carbonyl (C=O) groups excluding carboxylic acids is 1. The van der Waals surface area contributed by atoms with Gasteiger partial charge in [-0.3, -0.25) is 4.79 Å². The lowest BCUT2D eigenvalue weighted by atomic mass is 9.78. The number of benzene rings is 1. The zero-order chi connectivity index (χ0) is 22.4. The van der Waals surface area contributed by atoms with Gasteiger partial charge in [0.05, 0.1) is 21.6 Å². The van der Waals surface area contributed by atoms with E-state index < -0.39 is 44.2 Å². The number of carbonyl (C=O) groups is 2. The molecule has 1 aliphatic heterocycles. The second-order valence-corrected chi connectivity index (χ2v) is 11.4. The number of likely N-dealkylation sites (tertiary alicyclic amines) is 1. The number of anilines is 1. The molecule has 3 N–H and O–H groups in total. The highest BCUT2D eigenvalue weighted by Crippen LogP contribution is 2.50. The van der Waals surface area contributed by atoms with Crippen molar-refractivity contribution in [2.45, 2.75) is 69.8 Å². The third kappa shape index (κ3) is 4.34. The standard InChI is InChI=1S/C20H30N2O6S/c1-12(2)29(26,27)15-8-7-13(21)11-14(15)16-20(6,9-10-22(16)18(24)25)17(23)28-19(3,4)5/h7-8,11-12,16H,9-10,21H2,1-6H3,(H,24,25). The smallest absolute Gasteiger partial charge is 0.407 e. The van der Waals surface area contributed by atoms with Crippen LogP contribution in [0.4, 0.5) is 10.5 Å². The summed E-state index contributed by atoms with van der Waals surface area (Å²) in [5.41, 5.74) is 4.37. The van der Waals surface area contributed by atoms with Crippen LogP contribution in [-0.2, 0) is 19.4 Å². The fourth-order valence-electron chi connectivity index (χ4n) is 3.58. The van der Waals surface area contributed by atoms with Gasteiger partial charge in [-0.2, -0.15) is 0 Å². The van der Waals surface area contributed by atoms with E-state index in [1.807, 2.05) is 0 Å². The first-order chi connectivity index (χ1) is 13.1. The summed E-state index contributed by atoms with van der Waals surface area (Å²) in [6.45, 7) is 9.96. The number of rotatable bonds is 4. The van der Waals surface area contributed by atoms with Crippen LogP contribution in [0.15, 0.2) is 23.1 Å². The number of sulfone groups is 1. The van der Waals surface area contributed by atoms with E-state index in [1.165, 1.54) is 18.2 Å². The third-order valence-electron chi connectivity index (χ3n) is 5.15. The van der Waals surface area contributed by atoms with Crippen molar-refractivity contribution in [3.8, 4) is 0 Å². The van der Waals surface area contributed by atoms with Crippen LogP contribution >= 0.6 is 0 Å². The van der Waals surface area contributed by atoms with Crippen LogP contribution in [0.5, 0.6) is 0 Å². The summed E-state index contributed by atoms with van der Waals surface area (Å²) in [6, 6.07) is 3.25. The van der Waals surface area contributed by atoms with Gasteiger partial charge in [-0.15, -0.1) is 0 Å². The largest absolute Gasteiger partial charge is 0.465 e. The van der Waals surface area contributed by atoms with Crippen LogP contribution in [0.1, 0.15) is 59.6 Å². The Hall–Kier alpha value is -2.29. The first-order valence-electron chi connectivity index (χ1n) is 9.47. The van der Waals surface area contributed by atoms with Crippen molar-refractivity contribution in [1.82, 2.24) is 4.90 Å². The zero-order valence-electron chi connectivity index (χ0n) is 17.7. The fourth-order valence-corrected chi connectivity index (χ4v) is 4.85. The Labute approximate surface area is 171 Å². The van der Waals surface area contributed by atoms with Crippen LogP contribution in [0.3, 0.4) is 0 Å². The number of hydrogen-bond acceptors (Lipinski definition) is 6. The van der Waals surface area contributed by atoms with Gasteiger partial charge in [0.25, 0.3) is 0 Å². The molecule has 29 heavy (non-hydrogen) atoms. The van der Waals surface area contributed by atoms with Gasteiger partial charge >= 0.3 is 12.1 Å². The summed E-state index contributed by atoms with van der Waals surface area (Å²) in [5, 5.41) is 9.03. The Morgan fingerprint density at radius 2 is 1.90 bits per heavy atom. The van der Waals surface area contributed by atoms with Gasteiger partial charge in [0.2, 0.25) is 0 Å². The molecule has 1 aromatic carbocycles. The summed E-state index contributed by atoms with van der Waals surface area (Å²) in [7, 11) is -3.75. The van der Waals surface area contributed by atoms with Gasteiger partial charge in [0.15, 0.2) is 9.84 Å². The molecule has 1 aromatic rings. The summed E-state index contributed by atoms with van der Waals surface area (Å²) >= 11 is 0. The molecule has 2 unspecified atom stereocenters. The summed E-state index contributed by atoms with van der Waals surface area (Å²) in [6.07, 6.45) is -1.04. The molecule has 1 fully saturated rings. The average Bonchev–Trinajstić information content (AvgIpc) is 2.92. The molecule has 0 spiro atoms. The normalized spacial score (nSPS) is 22.7. The molecule has 1 heterocycles. The minimum atomic E-state index is -3.75. The average molecular weight is 427 g/mol. The van der Waals surface area contributed by atoms with E-state index in [9.17, 15) is 23.1 Å². The Morgan fingerprint density at radius 3 is 2.38 bits per heavy atom. The van der Waals surface area contributed by atoms with Crippen LogP contribution in [0.25, 0.3) is 0 Å². The first-order valence-corrected chi connectivity index (χ1v) is 11.0. The minimum absolute atomic E-state index is 0.0189. The number of ether oxygens (including phenoxy) is 1. The monoisotopic (exact) mass is 426 g/mol. The lowest BCUT2D eigenvalue weighted by Crippen LogP contribution is -2.42. The van der Waals surface area contributed by atoms with E-state index in [-0.39, 0.29) is 29.1 Å². The van der Waals surface area contributed by atoms with E-state index in [1.54, 1.807) is 41.5 Å². The molecule has 0 aliphatic carbocycles. The number of nitrogens with two attached hydrogens (primary N) is 1. The third-order valence-corrected chi connectivity index (χ3v) is 7.38. The lowest BCUT2D eigenvalue weighted by Gasteiger charge is -2.36. The second kappa shape index (κ2) is 7.51. The molecule has 1 aliphatic rings. The van der Waals surface area contributed by atoms with E-state index in [2.05, 4.69) is 0 Å². The van der Waals surface area contributed by atoms with Crippen molar-refractivity contribution in [3.63, 3.8) is 0 Å². The summed E-state index contributed by atoms with van der Waals surface area (Å²) < 4.78 is 31.5. The highest BCUT2D eigenvalue weighted by molar-refractivity contribution is 7.92. The lowest BCUT2D eigenvalue weighted by molar-refractivity contribution is -0.168. The molecule has 0 bridgehead atoms. The molecule has 0 aromatic heterocycles. The Kier molecular flexibility index (Phi) is 5.96. The van der Waals surface area contributed by atoms with Crippen molar-refractivity contribution >= 4 is 27.6 Å². The van der Waals surface area contributed by atoms with Crippen molar-refractivity contribution in [2.24, 2.45) is 5.41 Å². The zero-order valence-corrected chi connectivity index (χ0v) is 18.5. The quantitative estimate of drug-likeness (QED) is 0.559. The molecule has 162 valence electrons. The molecule has 2 atom stereocenters. The van der Waals surface area contributed by atoms with E-state index >= 15 is 0 Å². The molecule has 8 nitrogen and oxygen atoms in total. The van der Waals surface area contributed by atoms with Gasteiger partial charge in [-0.1, -0.05) is 0 Å². The fraction of sp³-hybridized carbons (Fsp3) is 0.600. The maximum Gasteiger partial charge on any atom is 0.407 e. The van der Waals surface area contributed by atoms with Crippen molar-refractivity contribution < 1.29 is 27.9 Å². The number of nitrogens with zero attached hydrogens (tertiary/aromatic N) is 1. The molecular weight excluding hydrogens is 396 g/mol. The van der Waals surface area contributed by atoms with Gasteiger partial charge < -0.3 is 20.5 Å². The van der Waals surface area contributed by atoms with Gasteiger partial charge in [0.1, 0.15) is 5.60 Å². The number of carboxylic acid groups (broad SMARTS) is 1. The van der Waals surface area contributed by atoms with Crippen molar-refractivity contribution in [1.29, 1.82) is 0 Å². The summed E-state index contributed by atoms with van der Waals surface area (Å²) in [5.74, 6) is -0.575. The number of amides is 1. The molecule has 0 radical (unpaired) electrons. The van der Waals surface area contributed by atoms with Crippen LogP contribution in [-0.4, -0.2) is 47.9 Å². The van der Waals surface area contributed by atoms with Crippen LogP contribution in [0.2, 0.25) is 0 Å². The molecule has 1 saturated heterocycles. The SMILES string of the molecule is CC(C)S(=O)(=O)c1ccc(N)cc1C1N(C(=O)O)CCC1(C)C(=O)OC(C)(C)C.